The van der Waals surface area contributed by atoms with Crippen molar-refractivity contribution in [1.29, 1.82) is 0 Å². The molecule has 1 aliphatic rings. The Morgan fingerprint density at radius 3 is 2.64 bits per heavy atom. The fraction of sp³-hybridized carbons (Fsp3) is 0.583. The van der Waals surface area contributed by atoms with Gasteiger partial charge in [-0.15, -0.1) is 0 Å². The Kier molecular flexibility index (Phi) is 3.60. The van der Waals surface area contributed by atoms with Crippen molar-refractivity contribution in [2.24, 2.45) is 0 Å². The maximum absolute atomic E-state index is 10.2. The summed E-state index contributed by atoms with van der Waals surface area (Å²) in [5.41, 5.74) is 6.57. The number of aromatic nitrogens is 4. The molecule has 0 spiro atoms. The molecule has 2 aromatic heterocycles. The second kappa shape index (κ2) is 5.32. The highest BCUT2D eigenvalue weighted by molar-refractivity contribution is 5.84. The lowest BCUT2D eigenvalue weighted by molar-refractivity contribution is -0.0503. The molecule has 3 heterocycles. The van der Waals surface area contributed by atoms with Crippen LogP contribution in [0.4, 0.5) is 11.8 Å². The van der Waals surface area contributed by atoms with Crippen molar-refractivity contribution in [1.82, 2.24) is 19.5 Å². The lowest BCUT2D eigenvalue weighted by Gasteiger charge is -2.21. The molecule has 0 bridgehead atoms. The van der Waals surface area contributed by atoms with Crippen LogP contribution < -0.4 is 10.6 Å². The van der Waals surface area contributed by atoms with Gasteiger partial charge in [-0.1, -0.05) is 0 Å². The molecular weight excluding hydrogens is 292 g/mol. The average Bonchev–Trinajstić information content (AvgIpc) is 3.00. The van der Waals surface area contributed by atoms with Crippen LogP contribution in [0.5, 0.6) is 0 Å². The van der Waals surface area contributed by atoms with Crippen LogP contribution in [0.3, 0.4) is 0 Å². The van der Waals surface area contributed by atoms with Crippen molar-refractivity contribution in [3.63, 3.8) is 0 Å². The minimum Gasteiger partial charge on any atom is -0.394 e. The Balaban J connectivity index is 2.17. The third-order valence-corrected chi connectivity index (χ3v) is 3.66. The molecule has 1 aliphatic heterocycles. The first-order valence-electron chi connectivity index (χ1n) is 6.74. The number of nitrogen functional groups attached to an aromatic ring is 1. The summed E-state index contributed by atoms with van der Waals surface area (Å²) in [5, 5.41) is 29.4. The third kappa shape index (κ3) is 2.08. The van der Waals surface area contributed by atoms with E-state index in [0.717, 1.165) is 0 Å². The first-order chi connectivity index (χ1) is 10.5. The van der Waals surface area contributed by atoms with Gasteiger partial charge in [-0.2, -0.15) is 0 Å². The van der Waals surface area contributed by atoms with Gasteiger partial charge in [0.2, 0.25) is 5.95 Å². The lowest BCUT2D eigenvalue weighted by atomic mass is 10.1. The lowest BCUT2D eigenvalue weighted by Crippen LogP contribution is -2.33. The smallest absolute Gasteiger partial charge is 0.209 e. The van der Waals surface area contributed by atoms with Crippen LogP contribution in [0.2, 0.25) is 0 Å². The molecule has 0 aliphatic carbocycles. The minimum absolute atomic E-state index is 0.207. The van der Waals surface area contributed by atoms with Gasteiger partial charge in [0.05, 0.1) is 6.61 Å². The van der Waals surface area contributed by atoms with E-state index < -0.39 is 31.1 Å². The molecule has 0 saturated carbocycles. The normalized spacial score (nSPS) is 28.4. The third-order valence-electron chi connectivity index (χ3n) is 3.66. The fourth-order valence-corrected chi connectivity index (χ4v) is 2.56. The molecule has 10 nitrogen and oxygen atoms in total. The summed E-state index contributed by atoms with van der Waals surface area (Å²) in [6.45, 7) is -0.407. The predicted molar refractivity (Wildman–Crippen MR) is 77.1 cm³/mol. The van der Waals surface area contributed by atoms with Crippen molar-refractivity contribution < 1.29 is 20.1 Å². The van der Waals surface area contributed by atoms with E-state index in [-0.39, 0.29) is 5.82 Å². The van der Waals surface area contributed by atoms with Gasteiger partial charge in [0.25, 0.3) is 0 Å². The average molecular weight is 310 g/mol. The van der Waals surface area contributed by atoms with E-state index in [1.54, 1.807) is 19.0 Å². The number of aliphatic hydroxyl groups is 3. The Labute approximate surface area is 125 Å². The molecule has 0 unspecified atom stereocenters. The van der Waals surface area contributed by atoms with Crippen LogP contribution in [-0.2, 0) is 4.74 Å². The summed E-state index contributed by atoms with van der Waals surface area (Å²) in [4.78, 5) is 14.1. The van der Waals surface area contributed by atoms with Crippen molar-refractivity contribution in [3.05, 3.63) is 6.33 Å². The van der Waals surface area contributed by atoms with E-state index in [4.69, 9.17) is 10.5 Å². The standard InChI is InChI=1S/C12H18N6O4/c1-17(2)12-16-6-9(13)14-4-15-10(6)18(12)11-8(21)7(20)5(3-19)22-11/h4-5,7-8,11,19-21H,3H2,1-2H3,(H2,13,14,15)/t5-,7+,8-,11-/m0/s1. The van der Waals surface area contributed by atoms with Crippen LogP contribution in [-0.4, -0.2) is 73.9 Å². The second-order valence-corrected chi connectivity index (χ2v) is 5.34. The summed E-state index contributed by atoms with van der Waals surface area (Å²) >= 11 is 0. The van der Waals surface area contributed by atoms with Gasteiger partial charge in [-0.3, -0.25) is 4.57 Å². The Hall–Kier alpha value is -2.01. The first-order valence-corrected chi connectivity index (χ1v) is 6.74. The summed E-state index contributed by atoms with van der Waals surface area (Å²) in [6.07, 6.45) is -2.97. The van der Waals surface area contributed by atoms with E-state index in [2.05, 4.69) is 15.0 Å². The van der Waals surface area contributed by atoms with Gasteiger partial charge in [0.15, 0.2) is 23.2 Å². The van der Waals surface area contributed by atoms with E-state index in [9.17, 15) is 15.3 Å². The van der Waals surface area contributed by atoms with Crippen molar-refractivity contribution >= 4 is 22.9 Å². The molecule has 22 heavy (non-hydrogen) atoms. The van der Waals surface area contributed by atoms with E-state index in [1.807, 2.05) is 0 Å². The summed E-state index contributed by atoms with van der Waals surface area (Å²) in [5.74, 6) is 0.649. The zero-order chi connectivity index (χ0) is 16.0. The van der Waals surface area contributed by atoms with Crippen LogP contribution in [0.15, 0.2) is 6.33 Å². The maximum atomic E-state index is 10.2. The number of hydrogen-bond acceptors (Lipinski definition) is 9. The number of hydrogen-bond donors (Lipinski definition) is 4. The number of nitrogens with zero attached hydrogens (tertiary/aromatic N) is 5. The number of nitrogens with two attached hydrogens (primary N) is 1. The Bertz CT molecular complexity index is 690. The largest absolute Gasteiger partial charge is 0.394 e. The van der Waals surface area contributed by atoms with Crippen molar-refractivity contribution in [2.45, 2.75) is 24.5 Å². The first kappa shape index (κ1) is 14.9. The zero-order valence-corrected chi connectivity index (χ0v) is 12.2. The minimum atomic E-state index is -1.23. The molecule has 5 N–H and O–H groups in total. The Morgan fingerprint density at radius 2 is 2.05 bits per heavy atom. The van der Waals surface area contributed by atoms with Gasteiger partial charge in [0.1, 0.15) is 24.6 Å². The predicted octanol–water partition coefficient (Wildman–Crippen LogP) is -1.91. The summed E-state index contributed by atoms with van der Waals surface area (Å²) < 4.78 is 7.10. The van der Waals surface area contributed by atoms with E-state index in [1.165, 1.54) is 10.9 Å². The number of rotatable bonds is 3. The summed E-state index contributed by atoms with van der Waals surface area (Å²) in [7, 11) is 3.53. The highest BCUT2D eigenvalue weighted by Crippen LogP contribution is 2.35. The molecule has 0 aromatic carbocycles. The topological polar surface area (TPSA) is 143 Å². The van der Waals surface area contributed by atoms with Gasteiger partial charge in [0, 0.05) is 14.1 Å². The second-order valence-electron chi connectivity index (χ2n) is 5.34. The van der Waals surface area contributed by atoms with Gasteiger partial charge >= 0.3 is 0 Å². The highest BCUT2D eigenvalue weighted by Gasteiger charge is 2.45. The quantitative estimate of drug-likeness (QED) is 0.510. The monoisotopic (exact) mass is 310 g/mol. The number of fused-ring (bicyclic) bond motifs is 1. The Morgan fingerprint density at radius 1 is 1.32 bits per heavy atom. The molecular formula is C12H18N6O4. The van der Waals surface area contributed by atoms with E-state index >= 15 is 0 Å². The van der Waals surface area contributed by atoms with Gasteiger partial charge < -0.3 is 30.7 Å². The number of aliphatic hydroxyl groups excluding tert-OH is 3. The van der Waals surface area contributed by atoms with E-state index in [0.29, 0.717) is 17.1 Å². The van der Waals surface area contributed by atoms with Crippen LogP contribution in [0, 0.1) is 0 Å². The molecule has 2 aromatic rings. The number of imidazole rings is 1. The fourth-order valence-electron chi connectivity index (χ4n) is 2.56. The van der Waals surface area contributed by atoms with Crippen LogP contribution >= 0.6 is 0 Å². The highest BCUT2D eigenvalue weighted by atomic mass is 16.6. The van der Waals surface area contributed by atoms with Gasteiger partial charge in [-0.05, 0) is 0 Å². The van der Waals surface area contributed by atoms with Gasteiger partial charge in [-0.25, -0.2) is 15.0 Å². The van der Waals surface area contributed by atoms with Crippen molar-refractivity contribution in [2.75, 3.05) is 31.3 Å². The maximum Gasteiger partial charge on any atom is 0.209 e. The molecule has 0 radical (unpaired) electrons. The number of ether oxygens (including phenoxy) is 1. The SMILES string of the molecule is CN(C)c1nc2c(N)ncnc2n1[C@H]1O[C@@H](CO)[C@@H](O)[C@@H]1O. The molecule has 1 fully saturated rings. The molecule has 4 atom stereocenters. The molecule has 1 saturated heterocycles. The van der Waals surface area contributed by atoms with Crippen LogP contribution in [0.1, 0.15) is 6.23 Å². The zero-order valence-electron chi connectivity index (χ0n) is 12.2. The molecule has 0 amide bonds. The van der Waals surface area contributed by atoms with Crippen LogP contribution in [0.25, 0.3) is 11.2 Å². The van der Waals surface area contributed by atoms with Crippen molar-refractivity contribution in [3.8, 4) is 0 Å². The molecule has 10 heteroatoms. The number of anilines is 2. The molecule has 120 valence electrons. The summed E-state index contributed by atoms with van der Waals surface area (Å²) in [6, 6.07) is 0. The molecule has 3 rings (SSSR count).